The van der Waals surface area contributed by atoms with Gasteiger partial charge in [0.1, 0.15) is 5.15 Å². The third kappa shape index (κ3) is 3.29. The summed E-state index contributed by atoms with van der Waals surface area (Å²) in [5, 5.41) is 6.37. The van der Waals surface area contributed by atoms with Crippen LogP contribution in [0, 0.1) is 6.92 Å². The van der Waals surface area contributed by atoms with Crippen LogP contribution < -0.4 is 5.32 Å². The number of nitrogens with zero attached hydrogens (tertiary/aromatic N) is 3. The maximum absolute atomic E-state index is 12.0. The standard InChI is InChI=1S/C12H13ClN4O2/c1-6(2)9-4-8(5-10(13)15-9)11(18)16-12-14-7(3)17-19-12/h4-6H,1-3H3,(H,14,16,17,18). The Bertz CT molecular complexity index is 610. The highest BCUT2D eigenvalue weighted by Crippen LogP contribution is 2.18. The van der Waals surface area contributed by atoms with Crippen LogP contribution in [0.25, 0.3) is 0 Å². The number of carbonyl (C=O) groups is 1. The minimum absolute atomic E-state index is 0.0570. The molecular formula is C12H13ClN4O2. The van der Waals surface area contributed by atoms with Gasteiger partial charge in [0.2, 0.25) is 0 Å². The highest BCUT2D eigenvalue weighted by Gasteiger charge is 2.13. The molecular weight excluding hydrogens is 268 g/mol. The summed E-state index contributed by atoms with van der Waals surface area (Å²) < 4.78 is 4.82. The van der Waals surface area contributed by atoms with Gasteiger partial charge >= 0.3 is 6.01 Å². The topological polar surface area (TPSA) is 80.9 Å². The molecule has 7 heteroatoms. The van der Waals surface area contributed by atoms with E-state index in [4.69, 9.17) is 16.1 Å². The number of amides is 1. The summed E-state index contributed by atoms with van der Waals surface area (Å²) in [6.45, 7) is 5.61. The Morgan fingerprint density at radius 1 is 1.37 bits per heavy atom. The lowest BCUT2D eigenvalue weighted by Crippen LogP contribution is -2.13. The third-order valence-electron chi connectivity index (χ3n) is 2.42. The molecule has 2 rings (SSSR count). The number of halogens is 1. The zero-order valence-corrected chi connectivity index (χ0v) is 11.5. The molecule has 0 saturated carbocycles. The molecule has 2 aromatic rings. The van der Waals surface area contributed by atoms with Crippen molar-refractivity contribution < 1.29 is 9.32 Å². The third-order valence-corrected chi connectivity index (χ3v) is 2.61. The molecule has 0 unspecified atom stereocenters. The van der Waals surface area contributed by atoms with E-state index in [9.17, 15) is 4.79 Å². The number of pyridine rings is 1. The first-order valence-corrected chi connectivity index (χ1v) is 6.12. The van der Waals surface area contributed by atoms with E-state index in [1.807, 2.05) is 13.8 Å². The van der Waals surface area contributed by atoms with Gasteiger partial charge in [-0.1, -0.05) is 30.6 Å². The van der Waals surface area contributed by atoms with Gasteiger partial charge < -0.3 is 4.52 Å². The normalized spacial score (nSPS) is 10.8. The van der Waals surface area contributed by atoms with Crippen molar-refractivity contribution in [3.8, 4) is 0 Å². The van der Waals surface area contributed by atoms with Gasteiger partial charge in [-0.2, -0.15) is 4.98 Å². The number of aromatic nitrogens is 3. The van der Waals surface area contributed by atoms with Crippen molar-refractivity contribution in [2.45, 2.75) is 26.7 Å². The molecule has 2 aromatic heterocycles. The van der Waals surface area contributed by atoms with Crippen LogP contribution in [0.5, 0.6) is 0 Å². The highest BCUT2D eigenvalue weighted by atomic mass is 35.5. The van der Waals surface area contributed by atoms with E-state index in [-0.39, 0.29) is 23.0 Å². The van der Waals surface area contributed by atoms with Gasteiger partial charge in [-0.3, -0.25) is 10.1 Å². The summed E-state index contributed by atoms with van der Waals surface area (Å²) in [5.74, 6) is 0.261. The first-order valence-electron chi connectivity index (χ1n) is 5.75. The van der Waals surface area contributed by atoms with Gasteiger partial charge in [0.05, 0.1) is 0 Å². The molecule has 0 aliphatic heterocycles. The van der Waals surface area contributed by atoms with E-state index in [1.165, 1.54) is 6.07 Å². The van der Waals surface area contributed by atoms with Crippen molar-refractivity contribution >= 4 is 23.5 Å². The molecule has 1 N–H and O–H groups in total. The Balaban J connectivity index is 2.23. The van der Waals surface area contributed by atoms with Crippen LogP contribution in [-0.4, -0.2) is 21.0 Å². The summed E-state index contributed by atoms with van der Waals surface area (Å²) in [6.07, 6.45) is 0. The quantitative estimate of drug-likeness (QED) is 0.874. The number of carbonyl (C=O) groups excluding carboxylic acids is 1. The predicted octanol–water partition coefficient (Wildman–Crippen LogP) is 2.80. The van der Waals surface area contributed by atoms with E-state index in [0.717, 1.165) is 5.69 Å². The predicted molar refractivity (Wildman–Crippen MR) is 70.3 cm³/mol. The fourth-order valence-electron chi connectivity index (χ4n) is 1.46. The van der Waals surface area contributed by atoms with Crippen LogP contribution in [0.2, 0.25) is 5.15 Å². The largest absolute Gasteiger partial charge is 0.328 e. The first kappa shape index (κ1) is 13.5. The maximum Gasteiger partial charge on any atom is 0.328 e. The molecule has 1 amide bonds. The van der Waals surface area contributed by atoms with Crippen molar-refractivity contribution in [1.29, 1.82) is 0 Å². The van der Waals surface area contributed by atoms with Gasteiger partial charge in [0.15, 0.2) is 5.82 Å². The van der Waals surface area contributed by atoms with Crippen molar-refractivity contribution in [1.82, 2.24) is 15.1 Å². The summed E-state index contributed by atoms with van der Waals surface area (Å²) in [7, 11) is 0. The monoisotopic (exact) mass is 280 g/mol. The molecule has 19 heavy (non-hydrogen) atoms. The second-order valence-corrected chi connectivity index (χ2v) is 4.75. The van der Waals surface area contributed by atoms with Crippen LogP contribution >= 0.6 is 11.6 Å². The number of anilines is 1. The van der Waals surface area contributed by atoms with Crippen LogP contribution in [0.3, 0.4) is 0 Å². The van der Waals surface area contributed by atoms with E-state index in [2.05, 4.69) is 20.4 Å². The molecule has 0 fully saturated rings. The zero-order valence-electron chi connectivity index (χ0n) is 10.8. The Hall–Kier alpha value is -1.95. The summed E-state index contributed by atoms with van der Waals surface area (Å²) >= 11 is 5.90. The van der Waals surface area contributed by atoms with Crippen molar-refractivity contribution in [2.75, 3.05) is 5.32 Å². The lowest BCUT2D eigenvalue weighted by molar-refractivity contribution is 0.102. The van der Waals surface area contributed by atoms with Crippen LogP contribution in [-0.2, 0) is 0 Å². The minimum Gasteiger partial charge on any atom is -0.315 e. The first-order chi connectivity index (χ1) is 8.95. The van der Waals surface area contributed by atoms with Crippen molar-refractivity contribution in [2.24, 2.45) is 0 Å². The van der Waals surface area contributed by atoms with Crippen molar-refractivity contribution in [3.05, 3.63) is 34.4 Å². The molecule has 0 aliphatic carbocycles. The molecule has 0 atom stereocenters. The van der Waals surface area contributed by atoms with Crippen LogP contribution in [0.15, 0.2) is 16.7 Å². The van der Waals surface area contributed by atoms with E-state index < -0.39 is 0 Å². The average molecular weight is 281 g/mol. The number of rotatable bonds is 3. The number of hydrogen-bond acceptors (Lipinski definition) is 5. The van der Waals surface area contributed by atoms with Gasteiger partial charge in [-0.25, -0.2) is 4.98 Å². The molecule has 0 bridgehead atoms. The van der Waals surface area contributed by atoms with E-state index in [1.54, 1.807) is 13.0 Å². The average Bonchev–Trinajstić information content (AvgIpc) is 2.73. The minimum atomic E-state index is -0.366. The summed E-state index contributed by atoms with van der Waals surface area (Å²) in [4.78, 5) is 20.1. The Kier molecular flexibility index (Phi) is 3.80. The molecule has 6 nitrogen and oxygen atoms in total. The second-order valence-electron chi connectivity index (χ2n) is 4.36. The van der Waals surface area contributed by atoms with Gasteiger partial charge in [-0.05, 0) is 25.0 Å². The van der Waals surface area contributed by atoms with Crippen molar-refractivity contribution in [3.63, 3.8) is 0 Å². The van der Waals surface area contributed by atoms with Crippen LogP contribution in [0.1, 0.15) is 41.6 Å². The van der Waals surface area contributed by atoms with Crippen LogP contribution in [0.4, 0.5) is 6.01 Å². The van der Waals surface area contributed by atoms with Gasteiger partial charge in [0, 0.05) is 11.3 Å². The van der Waals surface area contributed by atoms with Gasteiger partial charge in [0.25, 0.3) is 5.91 Å². The molecule has 0 saturated heterocycles. The number of nitrogens with one attached hydrogen (secondary N) is 1. The maximum atomic E-state index is 12.0. The molecule has 0 aliphatic rings. The molecule has 0 aromatic carbocycles. The zero-order chi connectivity index (χ0) is 14.0. The molecule has 100 valence electrons. The van der Waals surface area contributed by atoms with E-state index >= 15 is 0 Å². The van der Waals surface area contributed by atoms with Gasteiger partial charge in [-0.15, -0.1) is 0 Å². The van der Waals surface area contributed by atoms with E-state index in [0.29, 0.717) is 11.4 Å². The molecule has 2 heterocycles. The molecule has 0 spiro atoms. The molecule has 0 radical (unpaired) electrons. The SMILES string of the molecule is Cc1noc(NC(=O)c2cc(Cl)nc(C(C)C)c2)n1. The smallest absolute Gasteiger partial charge is 0.315 e. The lowest BCUT2D eigenvalue weighted by Gasteiger charge is -2.07. The fourth-order valence-corrected chi connectivity index (χ4v) is 1.68. The highest BCUT2D eigenvalue weighted by molar-refractivity contribution is 6.29. The summed E-state index contributed by atoms with van der Waals surface area (Å²) in [5.41, 5.74) is 1.15. The summed E-state index contributed by atoms with van der Waals surface area (Å²) in [6, 6.07) is 3.24. The second kappa shape index (κ2) is 5.36. The lowest BCUT2D eigenvalue weighted by atomic mass is 10.1. The Morgan fingerprint density at radius 3 is 2.68 bits per heavy atom. The fraction of sp³-hybridized carbons (Fsp3) is 0.333. The number of aryl methyl sites for hydroxylation is 1. The Morgan fingerprint density at radius 2 is 2.11 bits per heavy atom. The number of hydrogen-bond donors (Lipinski definition) is 1. The Labute approximate surface area is 115 Å².